The SMILES string of the molecule is CN(Cc1ccsc1)C(=O)CSc1ncc(-c2ccc(F)cc2)[nH]1. The summed E-state index contributed by atoms with van der Waals surface area (Å²) in [6.07, 6.45) is 1.69. The van der Waals surface area contributed by atoms with Gasteiger partial charge < -0.3 is 9.88 Å². The van der Waals surface area contributed by atoms with Gasteiger partial charge in [0.2, 0.25) is 5.91 Å². The van der Waals surface area contributed by atoms with E-state index in [2.05, 4.69) is 9.97 Å². The van der Waals surface area contributed by atoms with Gasteiger partial charge in [0.25, 0.3) is 0 Å². The number of benzene rings is 1. The molecule has 0 aliphatic rings. The fourth-order valence-corrected chi connectivity index (χ4v) is 3.59. The third-order valence-corrected chi connectivity index (χ3v) is 5.07. The molecule has 3 aromatic rings. The summed E-state index contributed by atoms with van der Waals surface area (Å²) in [5, 5.41) is 4.72. The summed E-state index contributed by atoms with van der Waals surface area (Å²) in [5.41, 5.74) is 2.80. The summed E-state index contributed by atoms with van der Waals surface area (Å²) in [6.45, 7) is 0.613. The molecular formula is C17H16FN3OS2. The molecule has 0 atom stereocenters. The molecule has 0 saturated carbocycles. The number of aromatic amines is 1. The van der Waals surface area contributed by atoms with Crippen molar-refractivity contribution in [1.29, 1.82) is 0 Å². The number of carbonyl (C=O) groups excluding carboxylic acids is 1. The van der Waals surface area contributed by atoms with Crippen LogP contribution in [-0.2, 0) is 11.3 Å². The highest BCUT2D eigenvalue weighted by Crippen LogP contribution is 2.22. The van der Waals surface area contributed by atoms with Crippen LogP contribution in [0.25, 0.3) is 11.3 Å². The van der Waals surface area contributed by atoms with E-state index in [-0.39, 0.29) is 11.7 Å². The first-order chi connectivity index (χ1) is 11.6. The second kappa shape index (κ2) is 7.63. The van der Waals surface area contributed by atoms with Crippen molar-refractivity contribution < 1.29 is 9.18 Å². The Bertz CT molecular complexity index is 800. The number of hydrogen-bond acceptors (Lipinski definition) is 4. The van der Waals surface area contributed by atoms with Gasteiger partial charge in [-0.15, -0.1) is 0 Å². The molecule has 24 heavy (non-hydrogen) atoms. The topological polar surface area (TPSA) is 49.0 Å². The third kappa shape index (κ3) is 4.24. The van der Waals surface area contributed by atoms with Crippen LogP contribution in [0.15, 0.2) is 52.4 Å². The van der Waals surface area contributed by atoms with Crippen LogP contribution in [-0.4, -0.2) is 33.6 Å². The summed E-state index contributed by atoms with van der Waals surface area (Å²) in [4.78, 5) is 21.3. The normalized spacial score (nSPS) is 10.8. The summed E-state index contributed by atoms with van der Waals surface area (Å²) in [5.74, 6) is 0.0925. The molecule has 3 rings (SSSR count). The number of H-pyrrole nitrogens is 1. The predicted octanol–water partition coefficient (Wildman–Crippen LogP) is 4.03. The summed E-state index contributed by atoms with van der Waals surface area (Å²) in [6, 6.07) is 8.22. The van der Waals surface area contributed by atoms with E-state index in [1.807, 2.05) is 16.8 Å². The zero-order valence-electron chi connectivity index (χ0n) is 13.0. The summed E-state index contributed by atoms with van der Waals surface area (Å²) < 4.78 is 13.0. The first-order valence-corrected chi connectivity index (χ1v) is 9.23. The number of amides is 1. The molecule has 2 aromatic heterocycles. The zero-order chi connectivity index (χ0) is 16.9. The van der Waals surface area contributed by atoms with Crippen LogP contribution in [0.1, 0.15) is 5.56 Å². The Morgan fingerprint density at radius 1 is 1.33 bits per heavy atom. The van der Waals surface area contributed by atoms with E-state index in [4.69, 9.17) is 0 Å². The monoisotopic (exact) mass is 361 g/mol. The van der Waals surface area contributed by atoms with Crippen molar-refractivity contribution in [3.8, 4) is 11.3 Å². The molecule has 0 saturated heterocycles. The van der Waals surface area contributed by atoms with Gasteiger partial charge in [0, 0.05) is 13.6 Å². The molecule has 0 unspecified atom stereocenters. The van der Waals surface area contributed by atoms with E-state index >= 15 is 0 Å². The van der Waals surface area contributed by atoms with Gasteiger partial charge in [-0.05, 0) is 52.2 Å². The first kappa shape index (κ1) is 16.7. The van der Waals surface area contributed by atoms with Gasteiger partial charge in [-0.2, -0.15) is 11.3 Å². The van der Waals surface area contributed by atoms with Crippen molar-refractivity contribution in [3.05, 3.63) is 58.7 Å². The lowest BCUT2D eigenvalue weighted by molar-refractivity contribution is -0.127. The number of thioether (sulfide) groups is 1. The molecule has 124 valence electrons. The van der Waals surface area contributed by atoms with Gasteiger partial charge in [-0.25, -0.2) is 9.37 Å². The molecule has 7 heteroatoms. The maximum Gasteiger partial charge on any atom is 0.233 e. The van der Waals surface area contributed by atoms with Gasteiger partial charge in [-0.3, -0.25) is 4.79 Å². The Morgan fingerprint density at radius 3 is 2.83 bits per heavy atom. The van der Waals surface area contributed by atoms with E-state index in [0.717, 1.165) is 16.8 Å². The van der Waals surface area contributed by atoms with E-state index in [0.29, 0.717) is 17.5 Å². The van der Waals surface area contributed by atoms with Crippen molar-refractivity contribution in [1.82, 2.24) is 14.9 Å². The fraction of sp³-hybridized carbons (Fsp3) is 0.176. The van der Waals surface area contributed by atoms with Crippen LogP contribution < -0.4 is 0 Å². The minimum atomic E-state index is -0.271. The molecule has 0 aliphatic carbocycles. The van der Waals surface area contributed by atoms with Crippen molar-refractivity contribution in [2.75, 3.05) is 12.8 Å². The van der Waals surface area contributed by atoms with Crippen molar-refractivity contribution in [3.63, 3.8) is 0 Å². The average molecular weight is 361 g/mol. The van der Waals surface area contributed by atoms with Crippen LogP contribution >= 0.6 is 23.1 Å². The quantitative estimate of drug-likeness (QED) is 0.675. The van der Waals surface area contributed by atoms with Crippen molar-refractivity contribution in [2.24, 2.45) is 0 Å². The molecule has 0 aliphatic heterocycles. The molecule has 4 nitrogen and oxygen atoms in total. The number of thiophene rings is 1. The minimum Gasteiger partial charge on any atom is -0.341 e. The Kier molecular flexibility index (Phi) is 5.32. The Morgan fingerprint density at radius 2 is 2.12 bits per heavy atom. The Hall–Kier alpha value is -2.12. The van der Waals surface area contributed by atoms with E-state index in [9.17, 15) is 9.18 Å². The summed E-state index contributed by atoms with van der Waals surface area (Å²) >= 11 is 2.98. The van der Waals surface area contributed by atoms with Gasteiger partial charge in [0.15, 0.2) is 5.16 Å². The molecule has 0 radical (unpaired) electrons. The number of imidazole rings is 1. The predicted molar refractivity (Wildman–Crippen MR) is 95.5 cm³/mol. The van der Waals surface area contributed by atoms with E-state index < -0.39 is 0 Å². The highest BCUT2D eigenvalue weighted by molar-refractivity contribution is 7.99. The maximum atomic E-state index is 13.0. The Balaban J connectivity index is 1.55. The molecule has 0 fully saturated rings. The van der Waals surface area contributed by atoms with Gasteiger partial charge in [0.05, 0.1) is 17.6 Å². The fourth-order valence-electron chi connectivity index (χ4n) is 2.14. The number of halogens is 1. The lowest BCUT2D eigenvalue weighted by Gasteiger charge is -2.15. The van der Waals surface area contributed by atoms with Crippen LogP contribution in [0.2, 0.25) is 0 Å². The first-order valence-electron chi connectivity index (χ1n) is 7.30. The standard InChI is InChI=1S/C17H16FN3OS2/c1-21(9-12-6-7-23-10-12)16(22)11-24-17-19-8-15(20-17)13-2-4-14(18)5-3-13/h2-8,10H,9,11H2,1H3,(H,19,20). The van der Waals surface area contributed by atoms with Crippen LogP contribution in [0.5, 0.6) is 0 Å². The minimum absolute atomic E-state index is 0.0472. The van der Waals surface area contributed by atoms with Gasteiger partial charge in [0.1, 0.15) is 5.82 Å². The number of aromatic nitrogens is 2. The van der Waals surface area contributed by atoms with Crippen LogP contribution in [0, 0.1) is 5.82 Å². The molecule has 1 aromatic carbocycles. The molecular weight excluding hydrogens is 345 g/mol. The van der Waals surface area contributed by atoms with E-state index in [1.165, 1.54) is 23.9 Å². The largest absolute Gasteiger partial charge is 0.341 e. The third-order valence-electron chi connectivity index (χ3n) is 3.47. The molecule has 0 bridgehead atoms. The molecule has 0 spiro atoms. The molecule has 2 heterocycles. The zero-order valence-corrected chi connectivity index (χ0v) is 14.7. The van der Waals surface area contributed by atoms with Crippen LogP contribution in [0.3, 0.4) is 0 Å². The number of rotatable bonds is 6. The van der Waals surface area contributed by atoms with Crippen molar-refractivity contribution >= 4 is 29.0 Å². The average Bonchev–Trinajstić information content (AvgIpc) is 3.25. The van der Waals surface area contributed by atoms with Gasteiger partial charge in [-0.1, -0.05) is 11.8 Å². The summed E-state index contributed by atoms with van der Waals surface area (Å²) in [7, 11) is 1.80. The maximum absolute atomic E-state index is 13.0. The second-order valence-corrected chi connectivity index (χ2v) is 7.02. The van der Waals surface area contributed by atoms with Crippen molar-refractivity contribution in [2.45, 2.75) is 11.7 Å². The highest BCUT2D eigenvalue weighted by atomic mass is 32.2. The second-order valence-electron chi connectivity index (χ2n) is 5.28. The number of carbonyl (C=O) groups is 1. The van der Waals surface area contributed by atoms with Crippen LogP contribution in [0.4, 0.5) is 4.39 Å². The number of hydrogen-bond donors (Lipinski definition) is 1. The lowest BCUT2D eigenvalue weighted by Crippen LogP contribution is -2.27. The van der Waals surface area contributed by atoms with Gasteiger partial charge >= 0.3 is 0 Å². The van der Waals surface area contributed by atoms with E-state index in [1.54, 1.807) is 41.6 Å². The highest BCUT2D eigenvalue weighted by Gasteiger charge is 2.12. The lowest BCUT2D eigenvalue weighted by atomic mass is 10.2. The molecule has 1 amide bonds. The molecule has 1 N–H and O–H groups in total. The smallest absolute Gasteiger partial charge is 0.233 e. The number of nitrogens with one attached hydrogen (secondary N) is 1. The number of nitrogens with zero attached hydrogens (tertiary/aromatic N) is 2. The Labute approximate surface area is 147 Å².